The maximum atomic E-state index is 12.1. The van der Waals surface area contributed by atoms with Gasteiger partial charge in [0.05, 0.1) is 6.61 Å². The number of nitrogen functional groups attached to an aromatic ring is 1. The average Bonchev–Trinajstić information content (AvgIpc) is 2.50. The van der Waals surface area contributed by atoms with Crippen molar-refractivity contribution in [3.63, 3.8) is 0 Å². The van der Waals surface area contributed by atoms with Gasteiger partial charge in [-0.25, -0.2) is 8.78 Å². The molecule has 3 nitrogen and oxygen atoms in total. The smallest absolute Gasteiger partial charge is 0.240 e. The number of anilines is 1. The monoisotopic (exact) mass is 270 g/mol. The summed E-state index contributed by atoms with van der Waals surface area (Å²) < 4.78 is 29.7. The van der Waals surface area contributed by atoms with Gasteiger partial charge in [-0.3, -0.25) is 0 Å². The Hall–Kier alpha value is -1.20. The van der Waals surface area contributed by atoms with Crippen LogP contribution in [0.25, 0.3) is 0 Å². The number of alkyl halides is 2. The molecule has 1 aromatic carbocycles. The summed E-state index contributed by atoms with van der Waals surface area (Å²) in [6.45, 7) is 0.00660. The van der Waals surface area contributed by atoms with Gasteiger partial charge in [0.1, 0.15) is 5.72 Å². The first kappa shape index (κ1) is 14.2. The van der Waals surface area contributed by atoms with E-state index in [2.05, 4.69) is 0 Å². The Bertz CT molecular complexity index is 439. The summed E-state index contributed by atoms with van der Waals surface area (Å²) in [5, 5.41) is 0. The number of fused-ring (bicyclic) bond motifs is 1. The summed E-state index contributed by atoms with van der Waals surface area (Å²) in [5.74, 6) is 0. The summed E-state index contributed by atoms with van der Waals surface area (Å²) in [7, 11) is 0. The summed E-state index contributed by atoms with van der Waals surface area (Å²) in [6, 6.07) is 5.84. The second kappa shape index (κ2) is 5.84. The lowest BCUT2D eigenvalue weighted by atomic mass is 10.0. The Morgan fingerprint density at radius 1 is 1.21 bits per heavy atom. The average molecular weight is 270 g/mol. The highest BCUT2D eigenvalue weighted by Gasteiger charge is 2.29. The summed E-state index contributed by atoms with van der Waals surface area (Å²) in [4.78, 5) is 0. The lowest BCUT2D eigenvalue weighted by molar-refractivity contribution is -0.0642. The fraction of sp³-hybridized carbons (Fsp3) is 0.571. The van der Waals surface area contributed by atoms with Crippen LogP contribution >= 0.6 is 0 Å². The summed E-state index contributed by atoms with van der Waals surface area (Å²) in [6.07, 6.45) is 0.233. The molecule has 0 radical (unpaired) electrons. The fourth-order valence-electron chi connectivity index (χ4n) is 2.44. The van der Waals surface area contributed by atoms with Crippen molar-refractivity contribution in [2.45, 2.75) is 44.3 Å². The standard InChI is InChI=1S/C14H20F2N2O/c15-13(16)5-8-19-14(18)6-3-10-1-2-12(17)9-11(10)4-7-14/h1-2,9,13H,3-8,17-18H2. The first-order chi connectivity index (χ1) is 8.98. The Balaban J connectivity index is 1.98. The van der Waals surface area contributed by atoms with Crippen LogP contribution in [0.5, 0.6) is 0 Å². The van der Waals surface area contributed by atoms with Gasteiger partial charge in [0.2, 0.25) is 6.43 Å². The van der Waals surface area contributed by atoms with E-state index in [-0.39, 0.29) is 13.0 Å². The number of aryl methyl sites for hydroxylation is 2. The minimum absolute atomic E-state index is 0.00660. The van der Waals surface area contributed by atoms with E-state index in [4.69, 9.17) is 16.2 Å². The van der Waals surface area contributed by atoms with E-state index in [1.807, 2.05) is 18.2 Å². The molecule has 0 fully saturated rings. The van der Waals surface area contributed by atoms with Gasteiger partial charge in [0.15, 0.2) is 0 Å². The molecule has 0 aliphatic heterocycles. The van der Waals surface area contributed by atoms with Gasteiger partial charge < -0.3 is 16.2 Å². The first-order valence-corrected chi connectivity index (χ1v) is 6.57. The second-order valence-electron chi connectivity index (χ2n) is 5.12. The zero-order chi connectivity index (χ0) is 13.9. The van der Waals surface area contributed by atoms with Crippen molar-refractivity contribution in [1.29, 1.82) is 0 Å². The number of nitrogens with two attached hydrogens (primary N) is 2. The van der Waals surface area contributed by atoms with Gasteiger partial charge >= 0.3 is 0 Å². The Morgan fingerprint density at radius 3 is 2.58 bits per heavy atom. The van der Waals surface area contributed by atoms with E-state index in [1.54, 1.807) is 0 Å². The molecule has 0 aromatic heterocycles. The number of ether oxygens (including phenoxy) is 1. The number of hydrogen-bond donors (Lipinski definition) is 2. The van der Waals surface area contributed by atoms with Gasteiger partial charge in [-0.1, -0.05) is 6.07 Å². The van der Waals surface area contributed by atoms with Crippen LogP contribution in [-0.4, -0.2) is 18.8 Å². The molecule has 1 aliphatic rings. The van der Waals surface area contributed by atoms with Crippen molar-refractivity contribution in [3.05, 3.63) is 29.3 Å². The van der Waals surface area contributed by atoms with Crippen molar-refractivity contribution in [1.82, 2.24) is 0 Å². The number of rotatable bonds is 4. The van der Waals surface area contributed by atoms with Crippen LogP contribution in [-0.2, 0) is 17.6 Å². The van der Waals surface area contributed by atoms with Crippen molar-refractivity contribution in [2.24, 2.45) is 5.73 Å². The van der Waals surface area contributed by atoms with Gasteiger partial charge in [0, 0.05) is 12.1 Å². The van der Waals surface area contributed by atoms with E-state index in [9.17, 15) is 8.78 Å². The van der Waals surface area contributed by atoms with E-state index >= 15 is 0 Å². The molecule has 0 saturated heterocycles. The molecule has 1 aliphatic carbocycles. The van der Waals surface area contributed by atoms with E-state index < -0.39 is 12.2 Å². The quantitative estimate of drug-likeness (QED) is 0.502. The fourth-order valence-corrected chi connectivity index (χ4v) is 2.44. The van der Waals surface area contributed by atoms with Crippen molar-refractivity contribution in [3.8, 4) is 0 Å². The molecule has 0 saturated carbocycles. The first-order valence-electron chi connectivity index (χ1n) is 6.57. The largest absolute Gasteiger partial charge is 0.399 e. The van der Waals surface area contributed by atoms with Crippen LogP contribution in [0.2, 0.25) is 0 Å². The third kappa shape index (κ3) is 3.88. The Kier molecular flexibility index (Phi) is 4.37. The Morgan fingerprint density at radius 2 is 1.89 bits per heavy atom. The van der Waals surface area contributed by atoms with Crippen molar-refractivity contribution in [2.75, 3.05) is 12.3 Å². The molecular formula is C14H20F2N2O. The maximum absolute atomic E-state index is 12.1. The molecule has 0 bridgehead atoms. The molecule has 5 heteroatoms. The van der Waals surface area contributed by atoms with E-state index in [0.717, 1.165) is 18.5 Å². The van der Waals surface area contributed by atoms with Gasteiger partial charge in [-0.2, -0.15) is 0 Å². The second-order valence-corrected chi connectivity index (χ2v) is 5.12. The molecule has 0 amide bonds. The van der Waals surface area contributed by atoms with Crippen LogP contribution in [0, 0.1) is 0 Å². The molecule has 0 heterocycles. The minimum atomic E-state index is -2.34. The zero-order valence-corrected chi connectivity index (χ0v) is 10.9. The molecule has 2 rings (SSSR count). The molecule has 106 valence electrons. The zero-order valence-electron chi connectivity index (χ0n) is 10.9. The number of benzene rings is 1. The predicted molar refractivity (Wildman–Crippen MR) is 71.0 cm³/mol. The van der Waals surface area contributed by atoms with Crippen LogP contribution in [0.3, 0.4) is 0 Å². The topological polar surface area (TPSA) is 61.3 Å². The highest BCUT2D eigenvalue weighted by molar-refractivity contribution is 5.45. The van der Waals surface area contributed by atoms with Crippen molar-refractivity contribution < 1.29 is 13.5 Å². The molecular weight excluding hydrogens is 250 g/mol. The lowest BCUT2D eigenvalue weighted by Crippen LogP contribution is -2.43. The molecule has 1 aromatic rings. The van der Waals surface area contributed by atoms with E-state index in [1.165, 1.54) is 11.1 Å². The maximum Gasteiger partial charge on any atom is 0.240 e. The van der Waals surface area contributed by atoms with Crippen LogP contribution in [0.1, 0.15) is 30.4 Å². The molecule has 19 heavy (non-hydrogen) atoms. The van der Waals surface area contributed by atoms with Gasteiger partial charge in [-0.05, 0) is 48.9 Å². The van der Waals surface area contributed by atoms with Crippen molar-refractivity contribution >= 4 is 5.69 Å². The molecule has 1 unspecified atom stereocenters. The summed E-state index contributed by atoms with van der Waals surface area (Å²) in [5.41, 5.74) is 14.3. The normalized spacial score (nSPS) is 23.2. The van der Waals surface area contributed by atoms with Crippen LogP contribution in [0.15, 0.2) is 18.2 Å². The Labute approximate surface area is 111 Å². The summed E-state index contributed by atoms with van der Waals surface area (Å²) >= 11 is 0. The van der Waals surface area contributed by atoms with Crippen LogP contribution < -0.4 is 11.5 Å². The molecule has 0 spiro atoms. The molecule has 1 atom stereocenters. The highest BCUT2D eigenvalue weighted by atomic mass is 19.3. The SMILES string of the molecule is Nc1ccc2c(c1)CCC(N)(OCCC(F)F)CC2. The minimum Gasteiger partial charge on any atom is -0.399 e. The predicted octanol–water partition coefficient (Wildman–Crippen LogP) is 2.47. The van der Waals surface area contributed by atoms with Gasteiger partial charge in [-0.15, -0.1) is 0 Å². The lowest BCUT2D eigenvalue weighted by Gasteiger charge is -2.28. The third-order valence-corrected chi connectivity index (χ3v) is 3.59. The van der Waals surface area contributed by atoms with E-state index in [0.29, 0.717) is 12.8 Å². The number of halogens is 2. The van der Waals surface area contributed by atoms with Crippen LogP contribution in [0.4, 0.5) is 14.5 Å². The molecule has 4 N–H and O–H groups in total. The third-order valence-electron chi connectivity index (χ3n) is 3.59. The number of hydrogen-bond acceptors (Lipinski definition) is 3. The van der Waals surface area contributed by atoms with Gasteiger partial charge in [0.25, 0.3) is 0 Å². The highest BCUT2D eigenvalue weighted by Crippen LogP contribution is 2.28.